The zero-order chi connectivity index (χ0) is 21.8. The van der Waals surface area contributed by atoms with Crippen molar-refractivity contribution in [2.45, 2.75) is 6.61 Å². The van der Waals surface area contributed by atoms with Gasteiger partial charge in [-0.25, -0.2) is 4.39 Å². The highest BCUT2D eigenvalue weighted by molar-refractivity contribution is 9.11. The number of hydrogen-bond acceptors (Lipinski definition) is 4. The Hall–Kier alpha value is -2.36. The summed E-state index contributed by atoms with van der Waals surface area (Å²) < 4.78 is 20.3. The van der Waals surface area contributed by atoms with Crippen molar-refractivity contribution in [3.63, 3.8) is 0 Å². The van der Waals surface area contributed by atoms with Crippen molar-refractivity contribution >= 4 is 67.1 Å². The Morgan fingerprint density at radius 2 is 1.90 bits per heavy atom. The summed E-state index contributed by atoms with van der Waals surface area (Å²) in [6, 6.07) is 9.56. The Bertz CT molecular complexity index is 1060. The van der Waals surface area contributed by atoms with Gasteiger partial charge in [0.25, 0.3) is 11.8 Å². The van der Waals surface area contributed by atoms with Gasteiger partial charge in [-0.2, -0.15) is 0 Å². The predicted molar refractivity (Wildman–Crippen MR) is 123 cm³/mol. The van der Waals surface area contributed by atoms with Crippen molar-refractivity contribution in [1.82, 2.24) is 10.2 Å². The second-order valence-electron chi connectivity index (χ2n) is 6.25. The number of ether oxygens (including phenoxy) is 1. The van der Waals surface area contributed by atoms with E-state index in [-0.39, 0.29) is 29.7 Å². The molecule has 1 saturated heterocycles. The fourth-order valence-corrected chi connectivity index (χ4v) is 4.44. The molecule has 2 aromatic rings. The molecule has 0 atom stereocenters. The molecule has 1 heterocycles. The second-order valence-corrected chi connectivity index (χ2v) is 8.35. The molecule has 2 amide bonds. The summed E-state index contributed by atoms with van der Waals surface area (Å²) in [5.74, 6) is -0.891. The molecule has 3 rings (SSSR count). The number of carbonyl (C=O) groups excluding carboxylic acids is 2. The lowest BCUT2D eigenvalue weighted by Crippen LogP contribution is -2.53. The first kappa shape index (κ1) is 22.3. The zero-order valence-corrected chi connectivity index (χ0v) is 19.4. The Morgan fingerprint density at radius 3 is 2.53 bits per heavy atom. The van der Waals surface area contributed by atoms with Gasteiger partial charge in [0, 0.05) is 6.54 Å². The molecule has 0 spiro atoms. The van der Waals surface area contributed by atoms with E-state index in [1.165, 1.54) is 29.2 Å². The molecule has 0 saturated carbocycles. The van der Waals surface area contributed by atoms with Crippen LogP contribution in [0.3, 0.4) is 0 Å². The highest BCUT2D eigenvalue weighted by atomic mass is 79.9. The predicted octanol–water partition coefficient (Wildman–Crippen LogP) is 4.74. The van der Waals surface area contributed by atoms with Crippen molar-refractivity contribution in [2.24, 2.45) is 0 Å². The van der Waals surface area contributed by atoms with Gasteiger partial charge < -0.3 is 4.74 Å². The van der Waals surface area contributed by atoms with Gasteiger partial charge in [-0.3, -0.25) is 19.8 Å². The molecule has 1 aliphatic rings. The molecule has 30 heavy (non-hydrogen) atoms. The van der Waals surface area contributed by atoms with Crippen LogP contribution in [0.5, 0.6) is 5.75 Å². The standard InChI is InChI=1S/C21H15Br2FN2O3S/c1-2-6-26-20(28)15(19(27)25-21(26)30)8-13-9-16(22)18(17(23)10-13)29-11-12-4-3-5-14(24)7-12/h2-5,7-10H,1,6,11H2,(H,25,27,30)/b15-8+. The van der Waals surface area contributed by atoms with E-state index in [0.29, 0.717) is 25.8 Å². The van der Waals surface area contributed by atoms with Crippen molar-refractivity contribution in [3.8, 4) is 5.75 Å². The second kappa shape index (κ2) is 9.63. The van der Waals surface area contributed by atoms with Crippen LogP contribution in [0, 0.1) is 5.82 Å². The van der Waals surface area contributed by atoms with E-state index in [1.54, 1.807) is 24.3 Å². The first-order valence-corrected chi connectivity index (χ1v) is 10.7. The minimum atomic E-state index is -0.566. The molecule has 1 fully saturated rings. The molecule has 9 heteroatoms. The first-order chi connectivity index (χ1) is 14.3. The lowest BCUT2D eigenvalue weighted by molar-refractivity contribution is -0.128. The number of thiocarbonyl (C=S) groups is 1. The molecule has 0 unspecified atom stereocenters. The lowest BCUT2D eigenvalue weighted by Gasteiger charge is -2.27. The van der Waals surface area contributed by atoms with Crippen LogP contribution in [-0.4, -0.2) is 28.4 Å². The van der Waals surface area contributed by atoms with E-state index < -0.39 is 11.8 Å². The molecule has 2 aromatic carbocycles. The van der Waals surface area contributed by atoms with Gasteiger partial charge in [0.15, 0.2) is 5.11 Å². The van der Waals surface area contributed by atoms with E-state index in [4.69, 9.17) is 17.0 Å². The molecule has 0 aromatic heterocycles. The highest BCUT2D eigenvalue weighted by Gasteiger charge is 2.32. The van der Waals surface area contributed by atoms with Crippen LogP contribution in [0.1, 0.15) is 11.1 Å². The average Bonchev–Trinajstić information content (AvgIpc) is 2.68. The fraction of sp³-hybridized carbons (Fsp3) is 0.0952. The van der Waals surface area contributed by atoms with Crippen LogP contribution in [0.2, 0.25) is 0 Å². The molecule has 0 aliphatic carbocycles. The smallest absolute Gasteiger partial charge is 0.265 e. The third kappa shape index (κ3) is 5.03. The summed E-state index contributed by atoms with van der Waals surface area (Å²) in [4.78, 5) is 26.2. The van der Waals surface area contributed by atoms with Crippen molar-refractivity contribution in [1.29, 1.82) is 0 Å². The lowest BCUT2D eigenvalue weighted by atomic mass is 10.1. The number of amides is 2. The Labute approximate surface area is 194 Å². The summed E-state index contributed by atoms with van der Waals surface area (Å²) >= 11 is 11.9. The topological polar surface area (TPSA) is 58.6 Å². The Balaban J connectivity index is 1.85. The third-order valence-electron chi connectivity index (χ3n) is 4.10. The van der Waals surface area contributed by atoms with Gasteiger partial charge in [0.2, 0.25) is 0 Å². The summed E-state index contributed by atoms with van der Waals surface area (Å²) in [6.07, 6.45) is 3.00. The molecule has 1 aliphatic heterocycles. The summed E-state index contributed by atoms with van der Waals surface area (Å²) in [5.41, 5.74) is 1.23. The maximum absolute atomic E-state index is 13.3. The van der Waals surface area contributed by atoms with Gasteiger partial charge in [-0.05, 0) is 85.5 Å². The van der Waals surface area contributed by atoms with Gasteiger partial charge in [0.05, 0.1) is 8.95 Å². The average molecular weight is 554 g/mol. The van der Waals surface area contributed by atoms with Crippen LogP contribution < -0.4 is 10.1 Å². The van der Waals surface area contributed by atoms with Crippen LogP contribution in [-0.2, 0) is 16.2 Å². The van der Waals surface area contributed by atoms with Crippen LogP contribution in [0.25, 0.3) is 6.08 Å². The SMILES string of the molecule is C=CCN1C(=O)/C(=C/c2cc(Br)c(OCc3cccc(F)c3)c(Br)c2)C(=O)NC1=S. The van der Waals surface area contributed by atoms with Gasteiger partial charge in [-0.1, -0.05) is 18.2 Å². The number of rotatable bonds is 6. The molecular weight excluding hydrogens is 539 g/mol. The Kier molecular flexibility index (Phi) is 7.17. The molecule has 5 nitrogen and oxygen atoms in total. The number of nitrogens with zero attached hydrogens (tertiary/aromatic N) is 1. The van der Waals surface area contributed by atoms with Gasteiger partial charge in [-0.15, -0.1) is 6.58 Å². The maximum Gasteiger partial charge on any atom is 0.265 e. The monoisotopic (exact) mass is 552 g/mol. The van der Waals surface area contributed by atoms with Crippen LogP contribution in [0.15, 0.2) is 63.6 Å². The number of benzene rings is 2. The molecule has 1 N–H and O–H groups in total. The molecule has 154 valence electrons. The molecule has 0 radical (unpaired) electrons. The maximum atomic E-state index is 13.3. The normalized spacial score (nSPS) is 15.4. The van der Waals surface area contributed by atoms with E-state index >= 15 is 0 Å². The minimum Gasteiger partial charge on any atom is -0.487 e. The fourth-order valence-electron chi connectivity index (χ4n) is 2.74. The van der Waals surface area contributed by atoms with Gasteiger partial charge >= 0.3 is 0 Å². The molecular formula is C21H15Br2FN2O3S. The summed E-state index contributed by atoms with van der Waals surface area (Å²) in [7, 11) is 0. The van der Waals surface area contributed by atoms with Gasteiger partial charge in [0.1, 0.15) is 23.7 Å². The number of carbonyl (C=O) groups is 2. The third-order valence-corrected chi connectivity index (χ3v) is 5.60. The largest absolute Gasteiger partial charge is 0.487 e. The van der Waals surface area contributed by atoms with Crippen molar-refractivity contribution in [2.75, 3.05) is 6.54 Å². The number of halogens is 3. The number of nitrogens with one attached hydrogen (secondary N) is 1. The van der Waals surface area contributed by atoms with Crippen molar-refractivity contribution < 1.29 is 18.7 Å². The van der Waals surface area contributed by atoms with E-state index in [0.717, 1.165) is 0 Å². The van der Waals surface area contributed by atoms with Crippen LogP contribution >= 0.6 is 44.1 Å². The van der Waals surface area contributed by atoms with Crippen molar-refractivity contribution in [3.05, 3.63) is 80.5 Å². The van der Waals surface area contributed by atoms with E-state index in [1.807, 2.05) is 0 Å². The quantitative estimate of drug-likeness (QED) is 0.243. The molecule has 0 bridgehead atoms. The van der Waals surface area contributed by atoms with Crippen LogP contribution in [0.4, 0.5) is 4.39 Å². The minimum absolute atomic E-state index is 0.0438. The van der Waals surface area contributed by atoms with E-state index in [2.05, 4.69) is 43.8 Å². The zero-order valence-electron chi connectivity index (χ0n) is 15.5. The summed E-state index contributed by atoms with van der Waals surface area (Å²) in [5, 5.41) is 2.55. The highest BCUT2D eigenvalue weighted by Crippen LogP contribution is 2.36. The Morgan fingerprint density at radius 1 is 1.20 bits per heavy atom. The number of hydrogen-bond donors (Lipinski definition) is 1. The van der Waals surface area contributed by atoms with E-state index in [9.17, 15) is 14.0 Å². The first-order valence-electron chi connectivity index (χ1n) is 8.66. The summed E-state index contributed by atoms with van der Waals surface area (Å²) in [6.45, 7) is 3.96.